The Morgan fingerprint density at radius 1 is 1.16 bits per heavy atom. The fourth-order valence-electron chi connectivity index (χ4n) is 4.43. The zero-order chi connectivity index (χ0) is 32.8. The predicted molar refractivity (Wildman–Crippen MR) is 164 cm³/mol. The van der Waals surface area contributed by atoms with E-state index in [1.165, 1.54) is 5.56 Å². The molecule has 0 spiro atoms. The quantitative estimate of drug-likeness (QED) is 0.140. The number of H-pyrrole nitrogens is 1. The fourth-order valence-corrected chi connectivity index (χ4v) is 5.69. The molecule has 242 valence electrons. The van der Waals surface area contributed by atoms with Crippen LogP contribution < -0.4 is 4.74 Å². The highest BCUT2D eigenvalue weighted by atomic mass is 35.5. The molecule has 0 bridgehead atoms. The van der Waals surface area contributed by atoms with Crippen LogP contribution in [0, 0.1) is 20.2 Å². The van der Waals surface area contributed by atoms with Gasteiger partial charge < -0.3 is 34.2 Å². The van der Waals surface area contributed by atoms with Crippen molar-refractivity contribution < 1.29 is 34.8 Å². The van der Waals surface area contributed by atoms with E-state index in [4.69, 9.17) is 68.1 Å². The molecule has 0 radical (unpaired) electrons. The molecule has 2 aromatic carbocycles. The van der Waals surface area contributed by atoms with Crippen molar-refractivity contribution in [3.05, 3.63) is 121 Å². The van der Waals surface area contributed by atoms with Crippen molar-refractivity contribution in [2.24, 2.45) is 0 Å². The van der Waals surface area contributed by atoms with Crippen molar-refractivity contribution in [1.29, 1.82) is 0 Å². The second-order valence-electron chi connectivity index (χ2n) is 9.44. The number of hydrogen-bond donors (Lipinski definition) is 3. The van der Waals surface area contributed by atoms with Gasteiger partial charge in [0.15, 0.2) is 0 Å². The molecule has 3 N–H and O–H groups in total. The monoisotopic (exact) mass is 684 g/mol. The zero-order valence-corrected chi connectivity index (χ0v) is 26.1. The van der Waals surface area contributed by atoms with Crippen LogP contribution in [0.5, 0.6) is 5.75 Å². The highest BCUT2D eigenvalue weighted by molar-refractivity contribution is 7.99. The van der Waals surface area contributed by atoms with Crippen molar-refractivity contribution in [3.8, 4) is 5.75 Å². The maximum absolute atomic E-state index is 8.36. The summed E-state index contributed by atoms with van der Waals surface area (Å²) in [4.78, 5) is 28.2. The second-order valence-corrected chi connectivity index (χ2v) is 11.4. The van der Waals surface area contributed by atoms with Gasteiger partial charge in [0.1, 0.15) is 18.5 Å². The van der Waals surface area contributed by atoms with Crippen molar-refractivity contribution in [1.82, 2.24) is 19.5 Å². The van der Waals surface area contributed by atoms with Crippen LogP contribution in [-0.2, 0) is 34.6 Å². The number of aromatic amines is 1. The van der Waals surface area contributed by atoms with Gasteiger partial charge in [-0.3, -0.25) is 0 Å². The first-order valence-electron chi connectivity index (χ1n) is 13.1. The summed E-state index contributed by atoms with van der Waals surface area (Å²) in [5.41, 5.74) is 3.14. The molecule has 45 heavy (non-hydrogen) atoms. The second kappa shape index (κ2) is 17.4. The molecule has 4 aromatic rings. The third-order valence-corrected chi connectivity index (χ3v) is 7.86. The molecule has 3 atom stereocenters. The van der Waals surface area contributed by atoms with Crippen molar-refractivity contribution in [2.45, 2.75) is 36.5 Å². The minimum absolute atomic E-state index is 0.273. The highest BCUT2D eigenvalue weighted by Gasteiger charge is 2.45. The van der Waals surface area contributed by atoms with Gasteiger partial charge in [-0.2, -0.15) is 11.8 Å². The van der Waals surface area contributed by atoms with Crippen molar-refractivity contribution in [3.63, 3.8) is 0 Å². The maximum atomic E-state index is 8.36. The molecule has 1 saturated heterocycles. The van der Waals surface area contributed by atoms with E-state index < -0.39 is 16.0 Å². The molecule has 3 unspecified atom stereocenters. The van der Waals surface area contributed by atoms with Gasteiger partial charge in [-0.05, 0) is 42.5 Å². The van der Waals surface area contributed by atoms with Crippen LogP contribution in [0.3, 0.4) is 0 Å². The van der Waals surface area contributed by atoms with Crippen molar-refractivity contribution >= 4 is 35.0 Å². The Balaban J connectivity index is 0.000000619. The number of hydrogen-bond acceptors (Lipinski definition) is 10. The van der Waals surface area contributed by atoms with Gasteiger partial charge in [-0.25, -0.2) is 9.97 Å². The molecule has 0 amide bonds. The van der Waals surface area contributed by atoms with Gasteiger partial charge in [0.05, 0.1) is 30.8 Å². The molecule has 5 rings (SSSR count). The van der Waals surface area contributed by atoms with Crippen LogP contribution in [0.15, 0.2) is 73.7 Å². The first-order chi connectivity index (χ1) is 21.5. The molecule has 0 aliphatic carbocycles. The SMILES string of the molecule is CSC(Cc1ccc(OCC2COC(Cn3ccnc3)(c3ccc(Cl)cc3Cl)O2)cc1)Cc1cnc[nH]1.O=[N+]([O-])O.O=[N+]([O-])O. The third-order valence-electron chi connectivity index (χ3n) is 6.31. The van der Waals surface area contributed by atoms with Crippen molar-refractivity contribution in [2.75, 3.05) is 19.5 Å². The van der Waals surface area contributed by atoms with Crippen LogP contribution in [0.25, 0.3) is 0 Å². The Kier molecular flexibility index (Phi) is 13.7. The lowest BCUT2D eigenvalue weighted by atomic mass is 10.1. The predicted octanol–water partition coefficient (Wildman–Crippen LogP) is 5.08. The number of nitrogens with one attached hydrogen (secondary N) is 1. The van der Waals surface area contributed by atoms with Gasteiger partial charge in [-0.1, -0.05) is 41.4 Å². The smallest absolute Gasteiger partial charge is 0.291 e. The summed E-state index contributed by atoms with van der Waals surface area (Å²) in [5.74, 6) is -0.278. The highest BCUT2D eigenvalue weighted by Crippen LogP contribution is 2.40. The lowest BCUT2D eigenvalue weighted by Gasteiger charge is -2.30. The number of ether oxygens (including phenoxy) is 3. The van der Waals surface area contributed by atoms with E-state index in [9.17, 15) is 0 Å². The Hall–Kier alpha value is -4.09. The van der Waals surface area contributed by atoms with Gasteiger partial charge >= 0.3 is 0 Å². The van der Waals surface area contributed by atoms with Crippen LogP contribution >= 0.6 is 35.0 Å². The summed E-state index contributed by atoms with van der Waals surface area (Å²) in [5, 5.41) is 28.8. The van der Waals surface area contributed by atoms with E-state index in [1.54, 1.807) is 31.0 Å². The summed E-state index contributed by atoms with van der Waals surface area (Å²) in [6.45, 7) is 1.12. The molecule has 1 fully saturated rings. The topological polar surface area (TPSA) is 201 Å². The standard InChI is InChI=1S/C27H28Cl2N4O3S.2HNO3/c1-37-24(12-21-13-31-17-32-21)10-19-2-5-22(6-3-19)34-14-23-15-35-27(36-23,16-33-9-8-30-18-33)25-7-4-20(28)11-26(25)29;2*2-1(3)4/h2-9,11,13,17-18,23-24H,10,12,14-16H2,1H3,(H,31,32);2*(H,2,3,4). The van der Waals surface area contributed by atoms with E-state index in [1.807, 2.05) is 46.9 Å². The first-order valence-corrected chi connectivity index (χ1v) is 15.2. The van der Waals surface area contributed by atoms with Gasteiger partial charge in [0.2, 0.25) is 5.79 Å². The summed E-state index contributed by atoms with van der Waals surface area (Å²) in [6.07, 6.45) is 12.7. The van der Waals surface area contributed by atoms with Gasteiger partial charge in [0, 0.05) is 46.5 Å². The number of rotatable bonds is 11. The molecule has 3 heterocycles. The minimum atomic E-state index is -1.50. The number of nitrogens with zero attached hydrogens (tertiary/aromatic N) is 5. The normalized spacial score (nSPS) is 17.7. The van der Waals surface area contributed by atoms with Gasteiger partial charge in [-0.15, -0.1) is 20.2 Å². The summed E-state index contributed by atoms with van der Waals surface area (Å²) >= 11 is 14.5. The van der Waals surface area contributed by atoms with Crippen LogP contribution in [-0.4, -0.2) is 70.9 Å². The average molecular weight is 686 g/mol. The zero-order valence-electron chi connectivity index (χ0n) is 23.8. The van der Waals surface area contributed by atoms with Crippen LogP contribution in [0.1, 0.15) is 16.8 Å². The Morgan fingerprint density at radius 3 is 2.44 bits per heavy atom. The van der Waals surface area contributed by atoms with E-state index in [2.05, 4.69) is 33.3 Å². The molecule has 15 nitrogen and oxygen atoms in total. The maximum Gasteiger partial charge on any atom is 0.291 e. The van der Waals surface area contributed by atoms with Crippen LogP contribution in [0.4, 0.5) is 0 Å². The molecular formula is C27H30Cl2N6O9S. The summed E-state index contributed by atoms with van der Waals surface area (Å²) in [7, 11) is 0. The number of imidazole rings is 2. The third kappa shape index (κ3) is 11.7. The number of benzene rings is 2. The molecule has 0 saturated carbocycles. The number of aromatic nitrogens is 4. The molecule has 1 aliphatic heterocycles. The first kappa shape index (κ1) is 35.4. The minimum Gasteiger partial charge on any atom is -0.491 e. The van der Waals surface area contributed by atoms with E-state index >= 15 is 0 Å². The molecule has 2 aromatic heterocycles. The Morgan fingerprint density at radius 2 is 1.87 bits per heavy atom. The summed E-state index contributed by atoms with van der Waals surface area (Å²) < 4.78 is 20.7. The molecular weight excluding hydrogens is 655 g/mol. The summed E-state index contributed by atoms with van der Waals surface area (Å²) in [6, 6.07) is 13.6. The van der Waals surface area contributed by atoms with E-state index in [-0.39, 0.29) is 6.10 Å². The molecule has 1 aliphatic rings. The number of thioether (sulfide) groups is 1. The van der Waals surface area contributed by atoms with E-state index in [0.717, 1.165) is 29.8 Å². The van der Waals surface area contributed by atoms with E-state index in [0.29, 0.717) is 35.1 Å². The number of halogens is 2. The van der Waals surface area contributed by atoms with Gasteiger partial charge in [0.25, 0.3) is 10.2 Å². The molecule has 18 heteroatoms. The Labute approximate surface area is 271 Å². The Bertz CT molecular complexity index is 1460. The fraction of sp³-hybridized carbons (Fsp3) is 0.333. The average Bonchev–Trinajstić information content (AvgIpc) is 3.76. The largest absolute Gasteiger partial charge is 0.491 e. The lowest BCUT2D eigenvalue weighted by Crippen LogP contribution is -2.34. The lowest BCUT2D eigenvalue weighted by molar-refractivity contribution is -0.742. The van der Waals surface area contributed by atoms with Crippen LogP contribution in [0.2, 0.25) is 10.0 Å².